The molecule has 0 amide bonds. The third-order valence-electron chi connectivity index (χ3n) is 2.79. The van der Waals surface area contributed by atoms with Crippen LogP contribution < -0.4 is 5.32 Å². The fourth-order valence-electron chi connectivity index (χ4n) is 1.76. The molecule has 0 saturated heterocycles. The first-order chi connectivity index (χ1) is 5.74. The van der Waals surface area contributed by atoms with Gasteiger partial charge in [0.15, 0.2) is 0 Å². The number of hydrogen-bond acceptors (Lipinski definition) is 1. The van der Waals surface area contributed by atoms with Gasteiger partial charge in [0.2, 0.25) is 0 Å². The molecular weight excluding hydrogens is 153 g/mol. The molecule has 3 atom stereocenters. The van der Waals surface area contributed by atoms with E-state index in [1.54, 1.807) is 0 Å². The molecule has 1 unspecified atom stereocenters. The first-order valence-corrected chi connectivity index (χ1v) is 5.14. The number of halogens is 1. The molecule has 1 rings (SSSR count). The Morgan fingerprint density at radius 2 is 2.08 bits per heavy atom. The van der Waals surface area contributed by atoms with Crippen LogP contribution in [0.1, 0.15) is 46.0 Å². The maximum atomic E-state index is 13.3. The van der Waals surface area contributed by atoms with Gasteiger partial charge in [-0.25, -0.2) is 4.39 Å². The van der Waals surface area contributed by atoms with Crippen LogP contribution in [0.4, 0.5) is 4.39 Å². The Morgan fingerprint density at radius 1 is 1.42 bits per heavy atom. The lowest BCUT2D eigenvalue weighted by molar-refractivity contribution is 0.179. The molecule has 1 aliphatic rings. The summed E-state index contributed by atoms with van der Waals surface area (Å²) in [5.41, 5.74) is 0. The van der Waals surface area contributed by atoms with Crippen LogP contribution in [-0.4, -0.2) is 18.3 Å². The standard InChI is InChI=1S/C10H20FN/c1-3-8(2)12-10-7-5-4-6-9(10)11/h8-10,12H,3-7H2,1-2H3/t8?,9-,10-/m1/s1. The van der Waals surface area contributed by atoms with Crippen molar-refractivity contribution in [2.24, 2.45) is 0 Å². The minimum absolute atomic E-state index is 0.133. The molecule has 1 aliphatic carbocycles. The van der Waals surface area contributed by atoms with E-state index < -0.39 is 6.17 Å². The van der Waals surface area contributed by atoms with E-state index in [2.05, 4.69) is 19.2 Å². The molecule has 1 fully saturated rings. The lowest BCUT2D eigenvalue weighted by Gasteiger charge is -2.29. The minimum Gasteiger partial charge on any atom is -0.309 e. The topological polar surface area (TPSA) is 12.0 Å². The first-order valence-electron chi connectivity index (χ1n) is 5.14. The Morgan fingerprint density at radius 3 is 2.67 bits per heavy atom. The van der Waals surface area contributed by atoms with E-state index in [4.69, 9.17) is 0 Å². The molecule has 2 heteroatoms. The molecule has 1 N–H and O–H groups in total. The summed E-state index contributed by atoms with van der Waals surface area (Å²) in [6.07, 6.45) is 4.52. The van der Waals surface area contributed by atoms with Crippen molar-refractivity contribution in [2.45, 2.75) is 64.2 Å². The second-order valence-corrected chi connectivity index (χ2v) is 3.88. The lowest BCUT2D eigenvalue weighted by atomic mass is 9.93. The Balaban J connectivity index is 2.28. The minimum atomic E-state index is -0.604. The number of alkyl halides is 1. The quantitative estimate of drug-likeness (QED) is 0.692. The summed E-state index contributed by atoms with van der Waals surface area (Å²) >= 11 is 0. The van der Waals surface area contributed by atoms with Gasteiger partial charge in [-0.05, 0) is 26.2 Å². The zero-order chi connectivity index (χ0) is 8.97. The highest BCUT2D eigenvalue weighted by atomic mass is 19.1. The molecule has 0 aliphatic heterocycles. The fourth-order valence-corrected chi connectivity index (χ4v) is 1.76. The molecule has 0 aromatic carbocycles. The van der Waals surface area contributed by atoms with Crippen molar-refractivity contribution >= 4 is 0 Å². The molecule has 0 radical (unpaired) electrons. The van der Waals surface area contributed by atoms with Gasteiger partial charge in [0, 0.05) is 12.1 Å². The summed E-state index contributed by atoms with van der Waals surface area (Å²) in [5.74, 6) is 0. The molecule has 0 bridgehead atoms. The lowest BCUT2D eigenvalue weighted by Crippen LogP contribution is -2.44. The maximum absolute atomic E-state index is 13.3. The van der Waals surface area contributed by atoms with E-state index in [0.717, 1.165) is 25.7 Å². The molecule has 1 saturated carbocycles. The Labute approximate surface area is 74.7 Å². The molecule has 72 valence electrons. The predicted octanol–water partition coefficient (Wildman–Crippen LogP) is 2.66. The molecule has 0 heterocycles. The molecule has 0 aromatic rings. The van der Waals surface area contributed by atoms with E-state index in [0.29, 0.717) is 6.04 Å². The van der Waals surface area contributed by atoms with Crippen molar-refractivity contribution < 1.29 is 4.39 Å². The highest BCUT2D eigenvalue weighted by molar-refractivity contribution is 4.82. The Bertz CT molecular complexity index is 127. The van der Waals surface area contributed by atoms with Gasteiger partial charge in [-0.15, -0.1) is 0 Å². The van der Waals surface area contributed by atoms with Crippen molar-refractivity contribution in [2.75, 3.05) is 0 Å². The third-order valence-corrected chi connectivity index (χ3v) is 2.79. The second-order valence-electron chi connectivity index (χ2n) is 3.88. The van der Waals surface area contributed by atoms with Gasteiger partial charge in [0.1, 0.15) is 6.17 Å². The SMILES string of the molecule is CCC(C)N[C@@H]1CCCC[C@H]1F. The average Bonchev–Trinajstić information content (AvgIpc) is 2.09. The first kappa shape index (κ1) is 9.97. The van der Waals surface area contributed by atoms with Crippen LogP contribution in [0.5, 0.6) is 0 Å². The highest BCUT2D eigenvalue weighted by Gasteiger charge is 2.24. The summed E-state index contributed by atoms with van der Waals surface area (Å²) in [5, 5.41) is 3.34. The van der Waals surface area contributed by atoms with Crippen LogP contribution >= 0.6 is 0 Å². The third kappa shape index (κ3) is 2.74. The van der Waals surface area contributed by atoms with Crippen molar-refractivity contribution in [1.82, 2.24) is 5.32 Å². The van der Waals surface area contributed by atoms with Gasteiger partial charge >= 0.3 is 0 Å². The predicted molar refractivity (Wildman–Crippen MR) is 50.0 cm³/mol. The normalized spacial score (nSPS) is 33.2. The summed E-state index contributed by atoms with van der Waals surface area (Å²) in [6, 6.07) is 0.597. The van der Waals surface area contributed by atoms with Gasteiger partial charge in [0.05, 0.1) is 0 Å². The van der Waals surface area contributed by atoms with Crippen molar-refractivity contribution in [3.8, 4) is 0 Å². The van der Waals surface area contributed by atoms with Crippen LogP contribution in [0.25, 0.3) is 0 Å². The van der Waals surface area contributed by atoms with E-state index in [-0.39, 0.29) is 6.04 Å². The number of rotatable bonds is 3. The Kier molecular flexibility index (Phi) is 3.99. The van der Waals surface area contributed by atoms with Gasteiger partial charge < -0.3 is 5.32 Å². The summed E-state index contributed by atoms with van der Waals surface area (Å²) in [6.45, 7) is 4.26. The zero-order valence-electron chi connectivity index (χ0n) is 8.15. The smallest absolute Gasteiger partial charge is 0.115 e. The fraction of sp³-hybridized carbons (Fsp3) is 1.00. The summed E-state index contributed by atoms with van der Waals surface area (Å²) in [7, 11) is 0. The van der Waals surface area contributed by atoms with E-state index in [1.165, 1.54) is 6.42 Å². The van der Waals surface area contributed by atoms with Crippen LogP contribution in [0.15, 0.2) is 0 Å². The van der Waals surface area contributed by atoms with E-state index in [1.807, 2.05) is 0 Å². The van der Waals surface area contributed by atoms with Crippen molar-refractivity contribution in [1.29, 1.82) is 0 Å². The van der Waals surface area contributed by atoms with Crippen LogP contribution in [0, 0.1) is 0 Å². The second kappa shape index (κ2) is 4.80. The highest BCUT2D eigenvalue weighted by Crippen LogP contribution is 2.21. The van der Waals surface area contributed by atoms with Crippen molar-refractivity contribution in [3.63, 3.8) is 0 Å². The molecule has 0 spiro atoms. The van der Waals surface area contributed by atoms with E-state index in [9.17, 15) is 4.39 Å². The van der Waals surface area contributed by atoms with E-state index >= 15 is 0 Å². The van der Waals surface area contributed by atoms with Crippen LogP contribution in [0.3, 0.4) is 0 Å². The average molecular weight is 173 g/mol. The van der Waals surface area contributed by atoms with Gasteiger partial charge in [0.25, 0.3) is 0 Å². The summed E-state index contributed by atoms with van der Waals surface area (Å²) < 4.78 is 13.3. The summed E-state index contributed by atoms with van der Waals surface area (Å²) in [4.78, 5) is 0. The monoisotopic (exact) mass is 173 g/mol. The van der Waals surface area contributed by atoms with Gasteiger partial charge in [-0.2, -0.15) is 0 Å². The molecular formula is C10H20FN. The Hall–Kier alpha value is -0.110. The van der Waals surface area contributed by atoms with Gasteiger partial charge in [-0.3, -0.25) is 0 Å². The maximum Gasteiger partial charge on any atom is 0.115 e. The van der Waals surface area contributed by atoms with Gasteiger partial charge in [-0.1, -0.05) is 19.8 Å². The number of hydrogen-bond donors (Lipinski definition) is 1. The van der Waals surface area contributed by atoms with Crippen LogP contribution in [0.2, 0.25) is 0 Å². The molecule has 1 nitrogen and oxygen atoms in total. The molecule has 0 aromatic heterocycles. The van der Waals surface area contributed by atoms with Crippen molar-refractivity contribution in [3.05, 3.63) is 0 Å². The molecule has 12 heavy (non-hydrogen) atoms. The van der Waals surface area contributed by atoms with Crippen LogP contribution in [-0.2, 0) is 0 Å². The largest absolute Gasteiger partial charge is 0.309 e. The number of nitrogens with one attached hydrogen (secondary N) is 1. The zero-order valence-corrected chi connectivity index (χ0v) is 8.15.